The summed E-state index contributed by atoms with van der Waals surface area (Å²) in [6, 6.07) is 5.67. The second-order valence-electron chi connectivity index (χ2n) is 15.4. The van der Waals surface area contributed by atoms with Gasteiger partial charge in [-0.3, -0.25) is 19.1 Å². The number of alkyl carbamates (subject to hydrolysis) is 1. The first kappa shape index (κ1) is 36.6. The fourth-order valence-corrected chi connectivity index (χ4v) is 8.53. The third-order valence-corrected chi connectivity index (χ3v) is 12.0. The zero-order valence-electron chi connectivity index (χ0n) is 29.5. The van der Waals surface area contributed by atoms with Crippen LogP contribution < -0.4 is 15.4 Å². The maximum atomic E-state index is 14.3. The van der Waals surface area contributed by atoms with Crippen LogP contribution in [0.3, 0.4) is 0 Å². The molecule has 0 spiro atoms. The van der Waals surface area contributed by atoms with Crippen molar-refractivity contribution in [3.8, 4) is 0 Å². The highest BCUT2D eigenvalue weighted by atomic mass is 32.2. The summed E-state index contributed by atoms with van der Waals surface area (Å²) in [5, 5.41) is 4.89. The summed E-state index contributed by atoms with van der Waals surface area (Å²) >= 11 is 0. The molecule has 14 nitrogen and oxygen atoms in total. The van der Waals surface area contributed by atoms with Gasteiger partial charge in [0.2, 0.25) is 21.8 Å². The Labute approximate surface area is 299 Å². The largest absolute Gasteiger partial charge is 0.444 e. The highest BCUT2D eigenvalue weighted by Crippen LogP contribution is 2.46. The summed E-state index contributed by atoms with van der Waals surface area (Å²) in [5.41, 5.74) is -0.151. The van der Waals surface area contributed by atoms with Crippen molar-refractivity contribution in [1.29, 1.82) is 0 Å². The van der Waals surface area contributed by atoms with E-state index in [9.17, 15) is 32.4 Å². The minimum Gasteiger partial charge on any atom is -0.444 e. The molecule has 5 atom stereocenters. The number of allylic oxidation sites excluding steroid dienone is 1. The third kappa shape index (κ3) is 8.67. The molecule has 2 aliphatic carbocycles. The number of amides is 5. The summed E-state index contributed by atoms with van der Waals surface area (Å²) < 4.78 is 39.1. The zero-order valence-corrected chi connectivity index (χ0v) is 30.3. The van der Waals surface area contributed by atoms with E-state index in [1.165, 1.54) is 4.90 Å². The molecule has 2 saturated carbocycles. The standard InChI is InChI=1S/C36H49N5O9S/c1-35(2,3)50-33(45)37-28-14-8-6-4-5-7-13-25-20-36(25,32(44)39-51(47,48)27-15-16-27)38-30(42)29-19-26(22-41(29)31(28)43)49-34(46)40-18-17-23-11-9-10-12-24(23)21-40/h7,9-13,25-29H,4-6,8,14-22H2,1-3H3,(H,37,45)(H,38,42)(H,39,44)/b13-7-/t25-,26+,28-,29-,36+/m0/s1. The first-order chi connectivity index (χ1) is 24.1. The highest BCUT2D eigenvalue weighted by molar-refractivity contribution is 7.91. The molecule has 5 aliphatic rings. The number of sulfonamides is 1. The van der Waals surface area contributed by atoms with E-state index in [4.69, 9.17) is 9.47 Å². The molecule has 51 heavy (non-hydrogen) atoms. The quantitative estimate of drug-likeness (QED) is 0.385. The number of carbonyl (C=O) groups excluding carboxylic acids is 5. The average molecular weight is 728 g/mol. The molecule has 1 saturated heterocycles. The van der Waals surface area contributed by atoms with E-state index in [1.807, 2.05) is 36.4 Å². The molecule has 15 heteroatoms. The average Bonchev–Trinajstić information content (AvgIpc) is 3.99. The van der Waals surface area contributed by atoms with E-state index in [1.54, 1.807) is 25.7 Å². The maximum absolute atomic E-state index is 14.3. The van der Waals surface area contributed by atoms with Crippen LogP contribution in [0.15, 0.2) is 36.4 Å². The molecule has 5 amide bonds. The lowest BCUT2D eigenvalue weighted by Gasteiger charge is -2.30. The number of nitrogens with zero attached hydrogens (tertiary/aromatic N) is 2. The molecule has 0 aromatic heterocycles. The van der Waals surface area contributed by atoms with Crippen LogP contribution >= 0.6 is 0 Å². The van der Waals surface area contributed by atoms with E-state index >= 15 is 0 Å². The van der Waals surface area contributed by atoms with Crippen molar-refractivity contribution >= 4 is 39.9 Å². The van der Waals surface area contributed by atoms with Crippen LogP contribution in [0.5, 0.6) is 0 Å². The fraction of sp³-hybridized carbons (Fsp3) is 0.639. The molecule has 0 radical (unpaired) electrons. The van der Waals surface area contributed by atoms with E-state index in [2.05, 4.69) is 15.4 Å². The van der Waals surface area contributed by atoms with E-state index in [-0.39, 0.29) is 25.8 Å². The molecule has 1 aromatic rings. The number of hydrogen-bond donors (Lipinski definition) is 3. The van der Waals surface area contributed by atoms with Gasteiger partial charge in [0.05, 0.1) is 11.8 Å². The molecule has 0 unspecified atom stereocenters. The van der Waals surface area contributed by atoms with Crippen molar-refractivity contribution in [1.82, 2.24) is 25.2 Å². The van der Waals surface area contributed by atoms with Gasteiger partial charge < -0.3 is 29.9 Å². The van der Waals surface area contributed by atoms with E-state index < -0.39 is 80.4 Å². The minimum atomic E-state index is -3.89. The summed E-state index contributed by atoms with van der Waals surface area (Å²) in [7, 11) is -3.89. The Bertz CT molecular complexity index is 1690. The molecule has 3 heterocycles. The lowest BCUT2D eigenvalue weighted by molar-refractivity contribution is -0.141. The number of nitrogens with one attached hydrogen (secondary N) is 3. The smallest absolute Gasteiger partial charge is 0.410 e. The molecule has 3 fully saturated rings. The molecule has 6 rings (SSSR count). The SMILES string of the molecule is CC(C)(C)OC(=O)N[C@H]1CCCCC/C=C\[C@H]2C[C@@]2(C(=O)NS(=O)(=O)C2CC2)NC(=O)[C@@H]2C[C@@H](OC(=O)N3CCc4ccccc4C3)CN2C1=O. The van der Waals surface area contributed by atoms with Crippen LogP contribution in [0.1, 0.15) is 89.7 Å². The van der Waals surface area contributed by atoms with Gasteiger partial charge in [0, 0.05) is 25.4 Å². The number of fused-ring (bicyclic) bond motifs is 3. The number of hydrogen-bond acceptors (Lipinski definition) is 9. The molecule has 1 aromatic carbocycles. The Hall–Kier alpha value is -4.14. The zero-order chi connectivity index (χ0) is 36.6. The second-order valence-corrected chi connectivity index (χ2v) is 17.4. The summed E-state index contributed by atoms with van der Waals surface area (Å²) in [6.45, 7) is 5.85. The molecule has 0 bridgehead atoms. The predicted octanol–water partition coefficient (Wildman–Crippen LogP) is 3.05. The lowest BCUT2D eigenvalue weighted by Crippen LogP contribution is -2.58. The normalized spacial score (nSPS) is 29.2. The van der Waals surface area contributed by atoms with Crippen molar-refractivity contribution in [2.24, 2.45) is 5.92 Å². The Balaban J connectivity index is 1.25. The fourth-order valence-electron chi connectivity index (χ4n) is 7.17. The van der Waals surface area contributed by atoms with Crippen LogP contribution in [-0.2, 0) is 46.8 Å². The van der Waals surface area contributed by atoms with E-state index in [0.717, 1.165) is 24.0 Å². The lowest BCUT2D eigenvalue weighted by atomic mass is 10.0. The van der Waals surface area contributed by atoms with Gasteiger partial charge in [-0.25, -0.2) is 18.0 Å². The van der Waals surface area contributed by atoms with Gasteiger partial charge in [0.1, 0.15) is 29.3 Å². The number of ether oxygens (including phenoxy) is 2. The van der Waals surface area contributed by atoms with Crippen molar-refractivity contribution in [3.63, 3.8) is 0 Å². The monoisotopic (exact) mass is 727 g/mol. The van der Waals surface area contributed by atoms with E-state index in [0.29, 0.717) is 45.2 Å². The summed E-state index contributed by atoms with van der Waals surface area (Å²) in [6.07, 6.45) is 6.43. The Morgan fingerprint density at radius 1 is 1.02 bits per heavy atom. The molecule has 3 aliphatic heterocycles. The predicted molar refractivity (Wildman–Crippen MR) is 185 cm³/mol. The van der Waals surface area contributed by atoms with Crippen LogP contribution in [0.2, 0.25) is 0 Å². The Morgan fingerprint density at radius 3 is 2.49 bits per heavy atom. The van der Waals surface area contributed by atoms with Crippen LogP contribution in [-0.4, -0.2) is 95.8 Å². The van der Waals surface area contributed by atoms with Gasteiger partial charge in [-0.05, 0) is 76.8 Å². The summed E-state index contributed by atoms with van der Waals surface area (Å²) in [4.78, 5) is 71.3. The van der Waals surface area contributed by atoms with Crippen molar-refractivity contribution in [2.45, 2.75) is 126 Å². The Kier molecular flexibility index (Phi) is 10.4. The molecular formula is C36H49N5O9S. The van der Waals surface area contributed by atoms with Gasteiger partial charge in [-0.1, -0.05) is 49.3 Å². The second kappa shape index (κ2) is 14.5. The first-order valence-corrected chi connectivity index (χ1v) is 19.6. The van der Waals surface area contributed by atoms with Crippen molar-refractivity contribution in [2.75, 3.05) is 13.1 Å². The summed E-state index contributed by atoms with van der Waals surface area (Å²) in [5.74, 6) is -2.46. The van der Waals surface area contributed by atoms with Crippen molar-refractivity contribution in [3.05, 3.63) is 47.5 Å². The van der Waals surface area contributed by atoms with Gasteiger partial charge in [0.15, 0.2) is 0 Å². The molecule has 278 valence electrons. The van der Waals surface area contributed by atoms with Gasteiger partial charge in [-0.15, -0.1) is 0 Å². The number of rotatable bonds is 5. The topological polar surface area (TPSA) is 181 Å². The maximum Gasteiger partial charge on any atom is 0.410 e. The molecular weight excluding hydrogens is 678 g/mol. The third-order valence-electron chi connectivity index (χ3n) is 10.2. The van der Waals surface area contributed by atoms with Crippen LogP contribution in [0, 0.1) is 5.92 Å². The number of carbonyl (C=O) groups is 5. The van der Waals surface area contributed by atoms with Gasteiger partial charge >= 0.3 is 12.2 Å². The number of benzene rings is 1. The van der Waals surface area contributed by atoms with Gasteiger partial charge in [-0.2, -0.15) is 0 Å². The minimum absolute atomic E-state index is 0.0501. The Morgan fingerprint density at radius 2 is 1.76 bits per heavy atom. The van der Waals surface area contributed by atoms with Crippen molar-refractivity contribution < 1.29 is 41.9 Å². The molecule has 3 N–H and O–H groups in total. The van der Waals surface area contributed by atoms with Gasteiger partial charge in [0.25, 0.3) is 5.91 Å². The van der Waals surface area contributed by atoms with Crippen LogP contribution in [0.25, 0.3) is 0 Å². The first-order valence-electron chi connectivity index (χ1n) is 18.0. The van der Waals surface area contributed by atoms with Crippen LogP contribution in [0.4, 0.5) is 9.59 Å². The highest BCUT2D eigenvalue weighted by Gasteiger charge is 2.62.